The van der Waals surface area contributed by atoms with Crippen LogP contribution in [-0.2, 0) is 16.1 Å². The lowest BCUT2D eigenvalue weighted by molar-refractivity contribution is -0.137. The Morgan fingerprint density at radius 1 is 1.12 bits per heavy atom. The van der Waals surface area contributed by atoms with Gasteiger partial charge in [0, 0.05) is 11.1 Å². The van der Waals surface area contributed by atoms with Crippen molar-refractivity contribution < 1.29 is 29.0 Å². The summed E-state index contributed by atoms with van der Waals surface area (Å²) in [5.74, 6) is -1.55. The summed E-state index contributed by atoms with van der Waals surface area (Å²) in [5, 5.41) is 8.56. The molecule has 0 saturated heterocycles. The lowest BCUT2D eigenvalue weighted by atomic mass is 9.98. The van der Waals surface area contributed by atoms with Gasteiger partial charge in [-0.05, 0) is 18.2 Å². The zero-order valence-electron chi connectivity index (χ0n) is 12.7. The Morgan fingerprint density at radius 2 is 1.92 bits per heavy atom. The molecule has 6 heteroatoms. The van der Waals surface area contributed by atoms with Crippen LogP contribution in [0.3, 0.4) is 0 Å². The highest BCUT2D eigenvalue weighted by molar-refractivity contribution is 6.12. The number of ether oxygens (including phenoxy) is 2. The number of rotatable bonds is 4. The third kappa shape index (κ3) is 3.12. The fourth-order valence-electron chi connectivity index (χ4n) is 2.44. The monoisotopic (exact) mass is 326 g/mol. The molecule has 0 unspecified atom stereocenters. The summed E-state index contributed by atoms with van der Waals surface area (Å²) in [6.45, 7) is 0.0514. The van der Waals surface area contributed by atoms with Crippen LogP contribution in [0, 0.1) is 0 Å². The van der Waals surface area contributed by atoms with Gasteiger partial charge in [-0.25, -0.2) is 4.79 Å². The first-order valence-corrected chi connectivity index (χ1v) is 7.34. The Kier molecular flexibility index (Phi) is 4.29. The van der Waals surface area contributed by atoms with Gasteiger partial charge in [0.05, 0.1) is 17.5 Å². The first-order valence-electron chi connectivity index (χ1n) is 7.34. The number of fused-ring (bicyclic) bond motifs is 2. The maximum absolute atomic E-state index is 12.7. The van der Waals surface area contributed by atoms with Crippen LogP contribution in [0.4, 0.5) is 0 Å². The predicted molar refractivity (Wildman–Crippen MR) is 83.2 cm³/mol. The molecule has 1 aliphatic heterocycles. The van der Waals surface area contributed by atoms with Crippen LogP contribution in [-0.4, -0.2) is 29.4 Å². The Labute approximate surface area is 137 Å². The third-order valence-corrected chi connectivity index (χ3v) is 3.65. The molecule has 0 aliphatic carbocycles. The van der Waals surface area contributed by atoms with E-state index in [9.17, 15) is 14.4 Å². The molecule has 1 aliphatic rings. The van der Waals surface area contributed by atoms with E-state index in [4.69, 9.17) is 14.6 Å². The van der Waals surface area contributed by atoms with Gasteiger partial charge in [-0.15, -0.1) is 0 Å². The number of benzene rings is 2. The molecule has 1 heterocycles. The van der Waals surface area contributed by atoms with Gasteiger partial charge < -0.3 is 14.6 Å². The Bertz CT molecular complexity index is 824. The lowest BCUT2D eigenvalue weighted by Crippen LogP contribution is -2.11. The van der Waals surface area contributed by atoms with E-state index < -0.39 is 11.9 Å². The number of carboxylic acids is 1. The van der Waals surface area contributed by atoms with E-state index in [1.54, 1.807) is 18.2 Å². The van der Waals surface area contributed by atoms with Crippen molar-refractivity contribution in [2.45, 2.75) is 13.0 Å². The fraction of sp³-hybridized carbons (Fsp3) is 0.167. The summed E-state index contributed by atoms with van der Waals surface area (Å²) in [4.78, 5) is 35.1. The first kappa shape index (κ1) is 15.7. The van der Waals surface area contributed by atoms with Crippen LogP contribution in [0.1, 0.15) is 38.3 Å². The van der Waals surface area contributed by atoms with E-state index in [1.165, 1.54) is 12.1 Å². The zero-order valence-corrected chi connectivity index (χ0v) is 12.7. The second-order valence-electron chi connectivity index (χ2n) is 5.27. The van der Waals surface area contributed by atoms with Crippen LogP contribution in [0.2, 0.25) is 0 Å². The van der Waals surface area contributed by atoms with Gasteiger partial charge in [-0.1, -0.05) is 24.3 Å². The average molecular weight is 326 g/mol. The Hall–Kier alpha value is -3.15. The fourth-order valence-corrected chi connectivity index (χ4v) is 2.44. The number of carboxylic acid groups (broad SMARTS) is 1. The number of ketones is 1. The molecule has 3 rings (SSSR count). The SMILES string of the molecule is O=C(O)CCOC(=O)c1ccc2c(c1)C(=O)c1ccccc1CO2. The number of hydrogen-bond donors (Lipinski definition) is 1. The smallest absolute Gasteiger partial charge is 0.338 e. The van der Waals surface area contributed by atoms with E-state index >= 15 is 0 Å². The summed E-state index contributed by atoms with van der Waals surface area (Å²) in [7, 11) is 0. The molecule has 24 heavy (non-hydrogen) atoms. The first-order chi connectivity index (χ1) is 11.6. The average Bonchev–Trinajstić information content (AvgIpc) is 2.72. The topological polar surface area (TPSA) is 89.9 Å². The maximum Gasteiger partial charge on any atom is 0.338 e. The van der Waals surface area contributed by atoms with Crippen LogP contribution < -0.4 is 4.74 Å². The van der Waals surface area contributed by atoms with Gasteiger partial charge in [0.25, 0.3) is 0 Å². The highest BCUT2D eigenvalue weighted by Gasteiger charge is 2.23. The van der Waals surface area contributed by atoms with Gasteiger partial charge in [0.15, 0.2) is 5.78 Å². The van der Waals surface area contributed by atoms with Crippen molar-refractivity contribution in [3.8, 4) is 5.75 Å². The molecule has 2 aromatic carbocycles. The Balaban J connectivity index is 1.87. The lowest BCUT2D eigenvalue weighted by Gasteiger charge is -2.08. The van der Waals surface area contributed by atoms with Gasteiger partial charge in [-0.3, -0.25) is 9.59 Å². The molecular weight excluding hydrogens is 312 g/mol. The summed E-state index contributed by atoms with van der Waals surface area (Å²) < 4.78 is 10.5. The molecule has 0 aromatic heterocycles. The molecule has 0 bridgehead atoms. The zero-order chi connectivity index (χ0) is 17.1. The minimum absolute atomic E-state index is 0.176. The molecule has 0 saturated carbocycles. The van der Waals surface area contributed by atoms with Crippen LogP contribution in [0.5, 0.6) is 5.75 Å². The largest absolute Gasteiger partial charge is 0.488 e. The second-order valence-corrected chi connectivity index (χ2v) is 5.27. The van der Waals surface area contributed by atoms with E-state index in [0.717, 1.165) is 5.56 Å². The number of carbonyl (C=O) groups is 3. The van der Waals surface area contributed by atoms with Crippen LogP contribution in [0.25, 0.3) is 0 Å². The van der Waals surface area contributed by atoms with Crippen molar-refractivity contribution in [2.75, 3.05) is 6.61 Å². The molecular formula is C18H14O6. The van der Waals surface area contributed by atoms with Crippen LogP contribution >= 0.6 is 0 Å². The molecule has 6 nitrogen and oxygen atoms in total. The minimum atomic E-state index is -1.05. The van der Waals surface area contributed by atoms with Crippen molar-refractivity contribution in [1.29, 1.82) is 0 Å². The summed E-state index contributed by atoms with van der Waals surface area (Å²) in [6.07, 6.45) is -0.272. The second kappa shape index (κ2) is 6.54. The molecule has 0 spiro atoms. The normalized spacial score (nSPS) is 12.4. The minimum Gasteiger partial charge on any atom is -0.488 e. The highest BCUT2D eigenvalue weighted by atomic mass is 16.5. The third-order valence-electron chi connectivity index (χ3n) is 3.65. The standard InChI is InChI=1S/C18H14O6/c19-16(20)7-8-23-18(22)11-5-6-15-14(9-11)17(21)13-4-2-1-3-12(13)10-24-15/h1-6,9H,7-8,10H2,(H,19,20). The van der Waals surface area contributed by atoms with Crippen molar-refractivity contribution in [1.82, 2.24) is 0 Å². The van der Waals surface area contributed by atoms with Gasteiger partial charge in [0.1, 0.15) is 19.0 Å². The van der Waals surface area contributed by atoms with Crippen molar-refractivity contribution in [3.63, 3.8) is 0 Å². The van der Waals surface area contributed by atoms with E-state index in [-0.39, 0.29) is 36.5 Å². The van der Waals surface area contributed by atoms with E-state index in [0.29, 0.717) is 11.3 Å². The number of carbonyl (C=O) groups excluding carboxylic acids is 2. The number of aliphatic carboxylic acids is 1. The van der Waals surface area contributed by atoms with Gasteiger partial charge >= 0.3 is 11.9 Å². The molecule has 122 valence electrons. The highest BCUT2D eigenvalue weighted by Crippen LogP contribution is 2.29. The molecule has 2 aromatic rings. The number of hydrogen-bond acceptors (Lipinski definition) is 5. The molecule has 1 N–H and O–H groups in total. The molecule has 0 radical (unpaired) electrons. The van der Waals surface area contributed by atoms with Crippen molar-refractivity contribution >= 4 is 17.7 Å². The molecule has 0 atom stereocenters. The van der Waals surface area contributed by atoms with E-state index in [2.05, 4.69) is 0 Å². The maximum atomic E-state index is 12.7. The predicted octanol–water partition coefficient (Wildman–Crippen LogP) is 2.44. The molecule has 0 fully saturated rings. The summed E-state index contributed by atoms with van der Waals surface area (Å²) in [6, 6.07) is 11.6. The summed E-state index contributed by atoms with van der Waals surface area (Å²) in [5.41, 5.74) is 1.78. The van der Waals surface area contributed by atoms with Crippen LogP contribution in [0.15, 0.2) is 42.5 Å². The van der Waals surface area contributed by atoms with E-state index in [1.807, 2.05) is 12.1 Å². The van der Waals surface area contributed by atoms with Gasteiger partial charge in [0.2, 0.25) is 0 Å². The van der Waals surface area contributed by atoms with Crippen molar-refractivity contribution in [2.24, 2.45) is 0 Å². The molecule has 0 amide bonds. The Morgan fingerprint density at radius 3 is 2.71 bits per heavy atom. The van der Waals surface area contributed by atoms with Crippen molar-refractivity contribution in [3.05, 3.63) is 64.7 Å². The van der Waals surface area contributed by atoms with Gasteiger partial charge in [-0.2, -0.15) is 0 Å². The quantitative estimate of drug-likeness (QED) is 0.868. The summed E-state index contributed by atoms with van der Waals surface area (Å²) >= 11 is 0. The number of esters is 1.